The van der Waals surface area contributed by atoms with Crippen molar-refractivity contribution < 1.29 is 33.4 Å². The molecule has 1 aromatic rings. The van der Waals surface area contributed by atoms with Gasteiger partial charge in [-0.15, -0.1) is 0 Å². The SMILES string of the molecule is C=C(C)[C@@]1(C)C[C@@H]2OC(=O)C[C@@]23C(=O)O[C@@H]2N(c4ccccc4)C(=O)[C@H](OC(C)=O)[C@]213. The molecule has 4 fully saturated rings. The maximum Gasteiger partial charge on any atom is 0.319 e. The van der Waals surface area contributed by atoms with Crippen LogP contribution in [0.25, 0.3) is 0 Å². The summed E-state index contributed by atoms with van der Waals surface area (Å²) in [5.41, 5.74) is -2.48. The van der Waals surface area contributed by atoms with Gasteiger partial charge in [0.05, 0.1) is 6.42 Å². The molecule has 162 valence electrons. The maximum absolute atomic E-state index is 13.8. The van der Waals surface area contributed by atoms with Crippen molar-refractivity contribution in [2.24, 2.45) is 16.2 Å². The van der Waals surface area contributed by atoms with Crippen LogP contribution in [0.1, 0.15) is 33.6 Å². The number of anilines is 1. The summed E-state index contributed by atoms with van der Waals surface area (Å²) >= 11 is 0. The Morgan fingerprint density at radius 1 is 1.16 bits per heavy atom. The number of carbonyl (C=O) groups is 4. The van der Waals surface area contributed by atoms with E-state index < -0.39 is 58.5 Å². The molecule has 1 saturated carbocycles. The summed E-state index contributed by atoms with van der Waals surface area (Å²) in [6.45, 7) is 9.07. The van der Waals surface area contributed by atoms with Gasteiger partial charge in [-0.05, 0) is 25.5 Å². The van der Waals surface area contributed by atoms with Gasteiger partial charge in [0.15, 0.2) is 12.3 Å². The minimum atomic E-state index is -1.44. The smallest absolute Gasteiger partial charge is 0.319 e. The van der Waals surface area contributed by atoms with Crippen LogP contribution in [0, 0.1) is 16.2 Å². The topological polar surface area (TPSA) is 99.2 Å². The van der Waals surface area contributed by atoms with E-state index in [-0.39, 0.29) is 12.8 Å². The first-order chi connectivity index (χ1) is 14.6. The van der Waals surface area contributed by atoms with Crippen molar-refractivity contribution in [1.29, 1.82) is 0 Å². The van der Waals surface area contributed by atoms with E-state index in [0.29, 0.717) is 11.3 Å². The second-order valence-corrected chi connectivity index (χ2v) is 9.10. The second-order valence-electron chi connectivity index (χ2n) is 9.10. The van der Waals surface area contributed by atoms with Gasteiger partial charge in [-0.3, -0.25) is 24.1 Å². The summed E-state index contributed by atoms with van der Waals surface area (Å²) in [4.78, 5) is 53.2. The highest BCUT2D eigenvalue weighted by atomic mass is 16.6. The molecule has 1 aliphatic carbocycles. The van der Waals surface area contributed by atoms with Gasteiger partial charge in [-0.25, -0.2) is 0 Å². The molecule has 6 atom stereocenters. The van der Waals surface area contributed by atoms with Crippen LogP contribution in [0.4, 0.5) is 5.69 Å². The lowest BCUT2D eigenvalue weighted by Gasteiger charge is -2.47. The summed E-state index contributed by atoms with van der Waals surface area (Å²) < 4.78 is 17.1. The van der Waals surface area contributed by atoms with E-state index in [1.165, 1.54) is 11.8 Å². The molecule has 2 spiro atoms. The number of rotatable bonds is 3. The van der Waals surface area contributed by atoms with Gasteiger partial charge >= 0.3 is 17.9 Å². The Kier molecular flexibility index (Phi) is 3.80. The number of ether oxygens (including phenoxy) is 3. The van der Waals surface area contributed by atoms with Crippen LogP contribution < -0.4 is 4.90 Å². The van der Waals surface area contributed by atoms with Crippen LogP contribution in [0.3, 0.4) is 0 Å². The molecule has 31 heavy (non-hydrogen) atoms. The summed E-state index contributed by atoms with van der Waals surface area (Å²) in [7, 11) is 0. The summed E-state index contributed by atoms with van der Waals surface area (Å²) in [6.07, 6.45) is -3.14. The van der Waals surface area contributed by atoms with Gasteiger partial charge in [0.25, 0.3) is 5.91 Å². The third kappa shape index (κ3) is 2.01. The zero-order valence-corrected chi connectivity index (χ0v) is 17.5. The van der Waals surface area contributed by atoms with Gasteiger partial charge < -0.3 is 14.2 Å². The molecule has 0 radical (unpaired) electrons. The fourth-order valence-corrected chi connectivity index (χ4v) is 6.50. The zero-order chi connectivity index (χ0) is 22.3. The van der Waals surface area contributed by atoms with E-state index in [2.05, 4.69) is 6.58 Å². The minimum Gasteiger partial charge on any atom is -0.461 e. The number of para-hydroxylation sites is 1. The van der Waals surface area contributed by atoms with Crippen LogP contribution in [-0.2, 0) is 33.4 Å². The van der Waals surface area contributed by atoms with Gasteiger partial charge in [0.2, 0.25) is 0 Å². The van der Waals surface area contributed by atoms with E-state index in [1.807, 2.05) is 13.8 Å². The molecular weight excluding hydrogens is 402 g/mol. The van der Waals surface area contributed by atoms with E-state index in [1.54, 1.807) is 30.3 Å². The predicted octanol–water partition coefficient (Wildman–Crippen LogP) is 2.12. The van der Waals surface area contributed by atoms with Gasteiger partial charge in [-0.1, -0.05) is 37.3 Å². The molecule has 0 unspecified atom stereocenters. The summed E-state index contributed by atoms with van der Waals surface area (Å²) in [6, 6.07) is 8.78. The Bertz CT molecular complexity index is 1050. The fraction of sp³-hybridized carbons (Fsp3) is 0.478. The van der Waals surface area contributed by atoms with E-state index in [9.17, 15) is 19.2 Å². The number of benzene rings is 1. The summed E-state index contributed by atoms with van der Waals surface area (Å²) in [5, 5.41) is 0. The van der Waals surface area contributed by atoms with Crippen molar-refractivity contribution in [3.8, 4) is 0 Å². The lowest BCUT2D eigenvalue weighted by Crippen LogP contribution is -2.58. The Labute approximate surface area is 179 Å². The normalized spacial score (nSPS) is 40.2. The highest BCUT2D eigenvalue weighted by Gasteiger charge is 2.91. The molecule has 5 rings (SSSR count). The summed E-state index contributed by atoms with van der Waals surface area (Å²) in [5.74, 6) is -2.29. The van der Waals surface area contributed by atoms with Crippen LogP contribution in [0.15, 0.2) is 42.5 Å². The van der Waals surface area contributed by atoms with Crippen LogP contribution in [0.5, 0.6) is 0 Å². The second kappa shape index (κ2) is 5.96. The van der Waals surface area contributed by atoms with E-state index in [4.69, 9.17) is 14.2 Å². The quantitative estimate of drug-likeness (QED) is 0.416. The molecule has 3 heterocycles. The van der Waals surface area contributed by atoms with Crippen molar-refractivity contribution in [3.05, 3.63) is 42.5 Å². The highest BCUT2D eigenvalue weighted by Crippen LogP contribution is 2.78. The number of carbonyl (C=O) groups excluding carboxylic acids is 4. The van der Waals surface area contributed by atoms with Crippen molar-refractivity contribution in [3.63, 3.8) is 0 Å². The van der Waals surface area contributed by atoms with E-state index in [0.717, 1.165) is 0 Å². The number of amides is 1. The largest absolute Gasteiger partial charge is 0.461 e. The molecule has 3 saturated heterocycles. The van der Waals surface area contributed by atoms with Crippen LogP contribution in [-0.4, -0.2) is 42.3 Å². The van der Waals surface area contributed by atoms with Crippen LogP contribution in [0.2, 0.25) is 0 Å². The highest BCUT2D eigenvalue weighted by molar-refractivity contribution is 6.06. The van der Waals surface area contributed by atoms with Crippen molar-refractivity contribution in [2.45, 2.75) is 52.0 Å². The number of allylic oxidation sites excluding steroid dienone is 1. The van der Waals surface area contributed by atoms with Gasteiger partial charge in [-0.2, -0.15) is 0 Å². The Morgan fingerprint density at radius 3 is 2.45 bits per heavy atom. The maximum atomic E-state index is 13.8. The molecule has 4 aliphatic rings. The lowest BCUT2D eigenvalue weighted by molar-refractivity contribution is -0.170. The molecule has 0 aromatic heterocycles. The van der Waals surface area contributed by atoms with E-state index >= 15 is 0 Å². The van der Waals surface area contributed by atoms with Gasteiger partial charge in [0, 0.05) is 18.0 Å². The third-order valence-electron chi connectivity index (χ3n) is 7.83. The number of esters is 3. The monoisotopic (exact) mass is 425 g/mol. The molecular formula is C23H23NO7. The molecule has 1 aromatic carbocycles. The average Bonchev–Trinajstić information content (AvgIpc) is 3.30. The van der Waals surface area contributed by atoms with Crippen LogP contribution >= 0.6 is 0 Å². The van der Waals surface area contributed by atoms with Crippen molar-refractivity contribution >= 4 is 29.5 Å². The molecule has 3 aliphatic heterocycles. The standard InChI is InChI=1S/C23H23NO7/c1-12(2)21(4)10-15-22(11-16(26)30-15)20(28)31-19-23(21,22)17(29-13(3)25)18(27)24(19)14-8-6-5-7-9-14/h5-9,15,17,19H,1,10-11H2,2-4H3/t15-,17-,19-,21+,22-,23-/m0/s1. The number of hydrogen-bond acceptors (Lipinski definition) is 7. The number of hydrogen-bond donors (Lipinski definition) is 0. The van der Waals surface area contributed by atoms with Gasteiger partial charge in [0.1, 0.15) is 16.9 Å². The van der Waals surface area contributed by atoms with Crippen molar-refractivity contribution in [1.82, 2.24) is 0 Å². The predicted molar refractivity (Wildman–Crippen MR) is 106 cm³/mol. The Balaban J connectivity index is 1.83. The zero-order valence-electron chi connectivity index (χ0n) is 17.5. The number of nitrogens with zero attached hydrogens (tertiary/aromatic N) is 1. The molecule has 8 nitrogen and oxygen atoms in total. The molecule has 8 heteroatoms. The first-order valence-corrected chi connectivity index (χ1v) is 10.2. The molecule has 0 N–H and O–H groups in total. The Hall–Kier alpha value is -3.16. The first-order valence-electron chi connectivity index (χ1n) is 10.2. The fourth-order valence-electron chi connectivity index (χ4n) is 6.50. The minimum absolute atomic E-state index is 0.233. The third-order valence-corrected chi connectivity index (χ3v) is 7.83. The Morgan fingerprint density at radius 2 is 1.84 bits per heavy atom. The molecule has 0 bridgehead atoms. The average molecular weight is 425 g/mol. The lowest BCUT2D eigenvalue weighted by atomic mass is 9.52. The molecule has 1 amide bonds. The first kappa shape index (κ1) is 19.8. The van der Waals surface area contributed by atoms with Crippen molar-refractivity contribution in [2.75, 3.05) is 4.90 Å².